The number of aliphatic hydroxyl groups is 1. The molecular weight excluding hydrogens is 540 g/mol. The van der Waals surface area contributed by atoms with Gasteiger partial charge in [-0.05, 0) is 60.4 Å². The maximum absolute atomic E-state index is 13.3. The highest BCUT2D eigenvalue weighted by atomic mass is 32.2. The average molecular weight is 575 g/mol. The van der Waals surface area contributed by atoms with E-state index in [1.54, 1.807) is 28.6 Å². The molecule has 0 amide bonds. The highest BCUT2D eigenvalue weighted by molar-refractivity contribution is 7.90. The molecule has 0 bridgehead atoms. The summed E-state index contributed by atoms with van der Waals surface area (Å²) in [6.07, 6.45) is 2.30. The highest BCUT2D eigenvalue weighted by Crippen LogP contribution is 2.37. The Morgan fingerprint density at radius 3 is 2.49 bits per heavy atom. The van der Waals surface area contributed by atoms with Crippen LogP contribution in [0, 0.1) is 0 Å². The number of ether oxygens (including phenoxy) is 2. The largest absolute Gasteiger partial charge is 0.491 e. The van der Waals surface area contributed by atoms with Crippen LogP contribution in [0.4, 0.5) is 0 Å². The van der Waals surface area contributed by atoms with Crippen molar-refractivity contribution >= 4 is 30.6 Å². The van der Waals surface area contributed by atoms with E-state index in [4.69, 9.17) is 9.47 Å². The Morgan fingerprint density at radius 1 is 1.00 bits per heavy atom. The lowest BCUT2D eigenvalue weighted by Gasteiger charge is -2.38. The molecule has 2 fully saturated rings. The Morgan fingerprint density at radius 2 is 1.74 bits per heavy atom. The predicted molar refractivity (Wildman–Crippen MR) is 148 cm³/mol. The van der Waals surface area contributed by atoms with Gasteiger partial charge < -0.3 is 19.9 Å². The SMILES string of the molecule is CS(=O)(=O)c1cccc(OC[C@H](O)CNC2COC3(CCN(S(=O)(=O)c4ccc5ccccc5c4)CC3)C2)c1. The molecule has 39 heavy (non-hydrogen) atoms. The van der Waals surface area contributed by atoms with Gasteiger partial charge in [0.2, 0.25) is 10.0 Å². The van der Waals surface area contributed by atoms with Crippen LogP contribution in [-0.2, 0) is 24.6 Å². The van der Waals surface area contributed by atoms with E-state index in [9.17, 15) is 21.9 Å². The van der Waals surface area contributed by atoms with Crippen LogP contribution in [-0.4, -0.2) is 83.1 Å². The Labute approximate surface area is 229 Å². The zero-order valence-electron chi connectivity index (χ0n) is 21.8. The molecule has 2 aliphatic heterocycles. The Hall–Kier alpha value is -2.54. The molecule has 0 aliphatic carbocycles. The number of sulfone groups is 1. The van der Waals surface area contributed by atoms with Crippen LogP contribution < -0.4 is 10.1 Å². The zero-order valence-corrected chi connectivity index (χ0v) is 23.5. The van der Waals surface area contributed by atoms with Crippen molar-refractivity contribution in [1.82, 2.24) is 9.62 Å². The van der Waals surface area contributed by atoms with Crippen LogP contribution in [0.2, 0.25) is 0 Å². The summed E-state index contributed by atoms with van der Waals surface area (Å²) in [5, 5.41) is 15.6. The molecule has 9 nitrogen and oxygen atoms in total. The normalized spacial score (nSPS) is 20.8. The number of nitrogens with zero attached hydrogens (tertiary/aromatic N) is 1. The third-order valence-corrected chi connectivity index (χ3v) is 10.5. The predicted octanol–water partition coefficient (Wildman–Crippen LogP) is 2.59. The van der Waals surface area contributed by atoms with E-state index in [-0.39, 0.29) is 23.1 Å². The number of nitrogens with one attached hydrogen (secondary N) is 1. The van der Waals surface area contributed by atoms with E-state index in [0.29, 0.717) is 49.7 Å². The first kappa shape index (κ1) is 28.0. The number of hydrogen-bond acceptors (Lipinski definition) is 8. The van der Waals surface area contributed by atoms with Gasteiger partial charge in [0.25, 0.3) is 0 Å². The number of rotatable bonds is 9. The van der Waals surface area contributed by atoms with E-state index in [2.05, 4.69) is 5.32 Å². The fraction of sp³-hybridized carbons (Fsp3) is 0.429. The van der Waals surface area contributed by atoms with Gasteiger partial charge in [-0.3, -0.25) is 0 Å². The lowest BCUT2D eigenvalue weighted by atomic mass is 9.88. The zero-order chi connectivity index (χ0) is 27.7. The molecule has 2 aliphatic rings. The fourth-order valence-electron chi connectivity index (χ4n) is 5.28. The van der Waals surface area contributed by atoms with E-state index < -0.39 is 26.0 Å². The summed E-state index contributed by atoms with van der Waals surface area (Å²) in [7, 11) is -6.93. The lowest BCUT2D eigenvalue weighted by molar-refractivity contribution is -0.0312. The number of sulfonamides is 1. The van der Waals surface area contributed by atoms with E-state index in [1.165, 1.54) is 12.1 Å². The van der Waals surface area contributed by atoms with Gasteiger partial charge in [-0.15, -0.1) is 0 Å². The minimum atomic E-state index is -3.59. The molecule has 2 atom stereocenters. The second-order valence-corrected chi connectivity index (χ2v) is 14.4. The van der Waals surface area contributed by atoms with E-state index >= 15 is 0 Å². The second-order valence-electron chi connectivity index (χ2n) is 10.4. The first-order valence-electron chi connectivity index (χ1n) is 13.0. The summed E-state index contributed by atoms with van der Waals surface area (Å²) in [5.41, 5.74) is -0.374. The van der Waals surface area contributed by atoms with Crippen LogP contribution in [0.3, 0.4) is 0 Å². The van der Waals surface area contributed by atoms with Crippen molar-refractivity contribution < 1.29 is 31.4 Å². The smallest absolute Gasteiger partial charge is 0.243 e. The van der Waals surface area contributed by atoms with Gasteiger partial charge >= 0.3 is 0 Å². The van der Waals surface area contributed by atoms with Crippen molar-refractivity contribution in [2.24, 2.45) is 0 Å². The van der Waals surface area contributed by atoms with Crippen molar-refractivity contribution in [3.8, 4) is 5.75 Å². The summed E-state index contributed by atoms with van der Waals surface area (Å²) in [4.78, 5) is 0.473. The van der Waals surface area contributed by atoms with Crippen molar-refractivity contribution in [3.63, 3.8) is 0 Å². The van der Waals surface area contributed by atoms with E-state index in [1.807, 2.05) is 30.3 Å². The van der Waals surface area contributed by atoms with Gasteiger partial charge in [-0.2, -0.15) is 4.31 Å². The molecule has 3 aromatic rings. The fourth-order valence-corrected chi connectivity index (χ4v) is 7.42. The number of piperidine rings is 1. The third kappa shape index (κ3) is 6.45. The molecule has 5 rings (SSSR count). The maximum atomic E-state index is 13.3. The van der Waals surface area contributed by atoms with Crippen molar-refractivity contribution in [2.45, 2.75) is 46.8 Å². The molecule has 11 heteroatoms. The van der Waals surface area contributed by atoms with Crippen molar-refractivity contribution in [3.05, 3.63) is 66.7 Å². The summed E-state index contributed by atoms with van der Waals surface area (Å²) in [6.45, 7) is 1.58. The van der Waals surface area contributed by atoms with E-state index in [0.717, 1.165) is 23.4 Å². The molecule has 2 saturated heterocycles. The molecule has 0 saturated carbocycles. The molecule has 210 valence electrons. The van der Waals surface area contributed by atoms with Crippen LogP contribution in [0.15, 0.2) is 76.5 Å². The number of hydrogen-bond donors (Lipinski definition) is 2. The molecule has 2 heterocycles. The quantitative estimate of drug-likeness (QED) is 0.400. The molecule has 0 radical (unpaired) electrons. The lowest BCUT2D eigenvalue weighted by Crippen LogP contribution is -2.47. The highest BCUT2D eigenvalue weighted by Gasteiger charge is 2.44. The molecule has 1 unspecified atom stereocenters. The van der Waals surface area contributed by atoms with Gasteiger partial charge in [0.05, 0.1) is 22.0 Å². The van der Waals surface area contributed by atoms with Crippen LogP contribution >= 0.6 is 0 Å². The molecule has 2 N–H and O–H groups in total. The second kappa shape index (κ2) is 11.1. The Bertz CT molecular complexity index is 1530. The molecule has 0 aromatic heterocycles. The minimum Gasteiger partial charge on any atom is -0.491 e. The summed E-state index contributed by atoms with van der Waals surface area (Å²) in [6, 6.07) is 19.2. The van der Waals surface area contributed by atoms with Gasteiger partial charge in [-0.1, -0.05) is 36.4 Å². The Kier molecular flexibility index (Phi) is 8.01. The maximum Gasteiger partial charge on any atom is 0.243 e. The first-order chi connectivity index (χ1) is 18.5. The number of fused-ring (bicyclic) bond motifs is 1. The van der Waals surface area contributed by atoms with Gasteiger partial charge in [0.15, 0.2) is 9.84 Å². The number of aliphatic hydroxyl groups excluding tert-OH is 1. The van der Waals surface area contributed by atoms with Gasteiger partial charge in [0.1, 0.15) is 18.5 Å². The van der Waals surface area contributed by atoms with Crippen molar-refractivity contribution in [2.75, 3.05) is 39.1 Å². The monoisotopic (exact) mass is 574 g/mol. The molecular formula is C28H34N2O7S2. The van der Waals surface area contributed by atoms with Gasteiger partial charge in [-0.25, -0.2) is 16.8 Å². The van der Waals surface area contributed by atoms with Crippen LogP contribution in [0.25, 0.3) is 10.8 Å². The standard InChI is InChI=1S/C28H34N2O7S2/c1-38(32,33)26-8-4-7-25(16-26)36-20-24(31)18-29-23-17-28(37-19-23)11-13-30(14-12-28)39(34,35)27-10-9-21-5-2-3-6-22(21)15-27/h2-10,15-16,23-24,29,31H,11-14,17-20H2,1H3/t23?,24-/m1/s1. The third-order valence-electron chi connectivity index (χ3n) is 7.52. The van der Waals surface area contributed by atoms with Crippen molar-refractivity contribution in [1.29, 1.82) is 0 Å². The summed E-state index contributed by atoms with van der Waals surface area (Å²) >= 11 is 0. The molecule has 3 aromatic carbocycles. The van der Waals surface area contributed by atoms with Gasteiger partial charge in [0, 0.05) is 31.9 Å². The average Bonchev–Trinajstić information content (AvgIpc) is 3.32. The van der Waals surface area contributed by atoms with Crippen LogP contribution in [0.5, 0.6) is 5.75 Å². The Balaban J connectivity index is 1.10. The topological polar surface area (TPSA) is 122 Å². The molecule has 1 spiro atoms. The first-order valence-corrected chi connectivity index (χ1v) is 16.3. The van der Waals surface area contributed by atoms with Crippen LogP contribution in [0.1, 0.15) is 19.3 Å². The number of benzene rings is 3. The summed E-state index contributed by atoms with van der Waals surface area (Å²) < 4.78 is 63.4. The minimum absolute atomic E-state index is 0.0144. The summed E-state index contributed by atoms with van der Waals surface area (Å²) in [5.74, 6) is 0.380.